The summed E-state index contributed by atoms with van der Waals surface area (Å²) >= 11 is 0. The molecule has 1 N–H and O–H groups in total. The first-order valence-corrected chi connectivity index (χ1v) is 12.6. The van der Waals surface area contributed by atoms with E-state index in [1.807, 2.05) is 54.3 Å². The average molecular weight is 468 g/mol. The van der Waals surface area contributed by atoms with Crippen LogP contribution in [-0.4, -0.2) is 40.7 Å². The van der Waals surface area contributed by atoms with E-state index in [0.29, 0.717) is 6.54 Å². The lowest BCUT2D eigenvalue weighted by Crippen LogP contribution is -2.45. The van der Waals surface area contributed by atoms with Gasteiger partial charge in [0.25, 0.3) is 5.91 Å². The highest BCUT2D eigenvalue weighted by atomic mass is 16.2. The van der Waals surface area contributed by atoms with Crippen LogP contribution in [0.5, 0.6) is 0 Å². The molecule has 0 bridgehead atoms. The maximum Gasteiger partial charge on any atom is 0.255 e. The molecule has 3 aromatic carbocycles. The van der Waals surface area contributed by atoms with E-state index in [1.165, 1.54) is 5.56 Å². The van der Waals surface area contributed by atoms with E-state index in [4.69, 9.17) is 0 Å². The molecule has 5 rings (SSSR count). The van der Waals surface area contributed by atoms with Crippen molar-refractivity contribution in [3.05, 3.63) is 107 Å². The van der Waals surface area contributed by atoms with E-state index in [9.17, 15) is 9.59 Å². The summed E-state index contributed by atoms with van der Waals surface area (Å²) < 4.78 is 0. The quantitative estimate of drug-likeness (QED) is 0.540. The van der Waals surface area contributed by atoms with Crippen LogP contribution in [0.1, 0.15) is 57.9 Å². The monoisotopic (exact) mass is 467 g/mol. The van der Waals surface area contributed by atoms with Crippen molar-refractivity contribution in [3.8, 4) is 0 Å². The summed E-state index contributed by atoms with van der Waals surface area (Å²) in [5.41, 5.74) is 5.27. The molecular weight excluding hydrogens is 434 g/mol. The van der Waals surface area contributed by atoms with E-state index >= 15 is 0 Å². The lowest BCUT2D eigenvalue weighted by molar-refractivity contribution is -0.123. The fourth-order valence-corrected chi connectivity index (χ4v) is 5.26. The zero-order valence-corrected chi connectivity index (χ0v) is 20.3. The van der Waals surface area contributed by atoms with E-state index in [1.54, 1.807) is 0 Å². The predicted octanol–water partition coefficient (Wildman–Crippen LogP) is 4.86. The van der Waals surface area contributed by atoms with Gasteiger partial charge in [0.1, 0.15) is 0 Å². The molecule has 5 heteroatoms. The topological polar surface area (TPSA) is 52.7 Å². The minimum atomic E-state index is -0.284. The maximum atomic E-state index is 13.2. The molecule has 0 radical (unpaired) electrons. The normalized spacial score (nSPS) is 17.3. The van der Waals surface area contributed by atoms with Gasteiger partial charge in [-0.3, -0.25) is 14.5 Å². The minimum Gasteiger partial charge on any atom is -0.353 e. The molecule has 1 saturated heterocycles. The third-order valence-corrected chi connectivity index (χ3v) is 7.27. The van der Waals surface area contributed by atoms with Crippen LogP contribution in [0.15, 0.2) is 78.9 Å². The van der Waals surface area contributed by atoms with E-state index in [-0.39, 0.29) is 30.3 Å². The van der Waals surface area contributed by atoms with E-state index < -0.39 is 0 Å². The molecule has 2 aliphatic heterocycles. The summed E-state index contributed by atoms with van der Waals surface area (Å²) in [6, 6.07) is 26.4. The number of carbonyl (C=O) groups is 2. The molecule has 2 aliphatic rings. The number of fused-ring (bicyclic) bond motifs is 1. The molecule has 0 saturated carbocycles. The van der Waals surface area contributed by atoms with E-state index in [0.717, 1.165) is 54.7 Å². The van der Waals surface area contributed by atoms with Gasteiger partial charge in [-0.05, 0) is 42.5 Å². The first-order valence-electron chi connectivity index (χ1n) is 12.6. The number of hydrogen-bond donors (Lipinski definition) is 1. The van der Waals surface area contributed by atoms with Gasteiger partial charge in [-0.25, -0.2) is 0 Å². The van der Waals surface area contributed by atoms with Crippen molar-refractivity contribution in [1.29, 1.82) is 0 Å². The third-order valence-electron chi connectivity index (χ3n) is 7.27. The molecule has 3 aromatic rings. The molecule has 5 nitrogen and oxygen atoms in total. The lowest BCUT2D eigenvalue weighted by atomic mass is 9.99. The first kappa shape index (κ1) is 23.3. The summed E-state index contributed by atoms with van der Waals surface area (Å²) in [4.78, 5) is 30.7. The van der Waals surface area contributed by atoms with Crippen LogP contribution in [0.25, 0.3) is 0 Å². The number of rotatable bonds is 7. The number of piperidine rings is 1. The van der Waals surface area contributed by atoms with Gasteiger partial charge in [0.15, 0.2) is 0 Å². The summed E-state index contributed by atoms with van der Waals surface area (Å²) in [5, 5.41) is 3.27. The van der Waals surface area contributed by atoms with Crippen LogP contribution < -0.4 is 5.32 Å². The second kappa shape index (κ2) is 10.4. The van der Waals surface area contributed by atoms with Crippen molar-refractivity contribution in [2.75, 3.05) is 13.1 Å². The minimum absolute atomic E-state index is 0.00759. The third kappa shape index (κ3) is 5.46. The molecular formula is C30H33N3O2. The smallest absolute Gasteiger partial charge is 0.255 e. The number of carbonyl (C=O) groups excluding carboxylic acids is 2. The van der Waals surface area contributed by atoms with Crippen molar-refractivity contribution < 1.29 is 9.59 Å². The first-order chi connectivity index (χ1) is 17.1. The number of hydrogen-bond acceptors (Lipinski definition) is 3. The molecule has 0 aromatic heterocycles. The lowest BCUT2D eigenvalue weighted by Gasteiger charge is -2.33. The Labute approximate surface area is 207 Å². The molecule has 1 atom stereocenters. The zero-order chi connectivity index (χ0) is 24.2. The van der Waals surface area contributed by atoms with Crippen molar-refractivity contribution in [2.45, 2.75) is 51.4 Å². The second-order valence-corrected chi connectivity index (χ2v) is 9.82. The Morgan fingerprint density at radius 2 is 1.63 bits per heavy atom. The molecule has 35 heavy (non-hydrogen) atoms. The van der Waals surface area contributed by atoms with Gasteiger partial charge in [-0.2, -0.15) is 0 Å². The Kier molecular flexibility index (Phi) is 6.96. The highest BCUT2D eigenvalue weighted by molar-refractivity contribution is 5.98. The Morgan fingerprint density at radius 1 is 0.943 bits per heavy atom. The number of nitrogens with one attached hydrogen (secondary N) is 1. The Morgan fingerprint density at radius 3 is 2.34 bits per heavy atom. The van der Waals surface area contributed by atoms with Gasteiger partial charge >= 0.3 is 0 Å². The highest BCUT2D eigenvalue weighted by Crippen LogP contribution is 2.33. The predicted molar refractivity (Wildman–Crippen MR) is 138 cm³/mol. The van der Waals surface area contributed by atoms with Crippen LogP contribution in [0.4, 0.5) is 0 Å². The van der Waals surface area contributed by atoms with Crippen LogP contribution in [-0.2, 0) is 17.9 Å². The fraction of sp³-hybridized carbons (Fsp3) is 0.333. The van der Waals surface area contributed by atoms with Crippen molar-refractivity contribution in [2.24, 2.45) is 0 Å². The number of benzene rings is 3. The average Bonchev–Trinajstić information content (AvgIpc) is 3.21. The van der Waals surface area contributed by atoms with Gasteiger partial charge in [-0.15, -0.1) is 0 Å². The number of amides is 2. The van der Waals surface area contributed by atoms with Crippen LogP contribution in [0.3, 0.4) is 0 Å². The van der Waals surface area contributed by atoms with Crippen LogP contribution in [0, 0.1) is 6.92 Å². The zero-order valence-electron chi connectivity index (χ0n) is 20.3. The SMILES string of the molecule is Cc1ccc([C@H](CC(=O)NC2CCN(Cc3ccccc3)CC2)N2Cc3ccccc3C2=O)cc1. The standard InChI is InChI=1S/C30H33N3O2/c1-22-11-13-24(14-12-22)28(33-21-25-9-5-6-10-27(25)30(33)35)19-29(34)31-26-15-17-32(18-16-26)20-23-7-3-2-4-8-23/h2-14,26,28H,15-21H2,1H3,(H,31,34)/t28-/m0/s1. The largest absolute Gasteiger partial charge is 0.353 e. The van der Waals surface area contributed by atoms with Crippen LogP contribution >= 0.6 is 0 Å². The number of aryl methyl sites for hydroxylation is 1. The van der Waals surface area contributed by atoms with Crippen molar-refractivity contribution in [1.82, 2.24) is 15.1 Å². The van der Waals surface area contributed by atoms with Gasteiger partial charge < -0.3 is 10.2 Å². The second-order valence-electron chi connectivity index (χ2n) is 9.82. The number of likely N-dealkylation sites (tertiary alicyclic amines) is 1. The fourth-order valence-electron chi connectivity index (χ4n) is 5.26. The molecule has 180 valence electrons. The highest BCUT2D eigenvalue weighted by Gasteiger charge is 2.34. The number of nitrogens with zero attached hydrogens (tertiary/aromatic N) is 2. The van der Waals surface area contributed by atoms with Gasteiger partial charge in [0, 0.05) is 37.8 Å². The summed E-state index contributed by atoms with van der Waals surface area (Å²) in [6.07, 6.45) is 2.16. The van der Waals surface area contributed by atoms with Crippen LogP contribution in [0.2, 0.25) is 0 Å². The Bertz CT molecular complexity index is 1170. The molecule has 0 unspecified atom stereocenters. The molecule has 0 aliphatic carbocycles. The van der Waals surface area contributed by atoms with Gasteiger partial charge in [0.05, 0.1) is 12.5 Å². The molecule has 2 amide bonds. The van der Waals surface area contributed by atoms with Crippen molar-refractivity contribution in [3.63, 3.8) is 0 Å². The Balaban J connectivity index is 1.22. The van der Waals surface area contributed by atoms with E-state index in [2.05, 4.69) is 46.6 Å². The maximum absolute atomic E-state index is 13.2. The summed E-state index contributed by atoms with van der Waals surface area (Å²) in [7, 11) is 0. The molecule has 2 heterocycles. The summed E-state index contributed by atoms with van der Waals surface area (Å²) in [6.45, 7) is 5.49. The Hall–Kier alpha value is -3.44. The van der Waals surface area contributed by atoms with Gasteiger partial charge in [-0.1, -0.05) is 78.4 Å². The molecule has 1 fully saturated rings. The summed E-state index contributed by atoms with van der Waals surface area (Å²) in [5.74, 6) is 0.0223. The van der Waals surface area contributed by atoms with Crippen molar-refractivity contribution >= 4 is 11.8 Å². The van der Waals surface area contributed by atoms with Gasteiger partial charge in [0.2, 0.25) is 5.91 Å². The molecule has 0 spiro atoms.